The number of aliphatic hydroxyl groups is 1. The summed E-state index contributed by atoms with van der Waals surface area (Å²) in [4.78, 5) is 13.0. The van der Waals surface area contributed by atoms with Crippen molar-refractivity contribution in [3.63, 3.8) is 0 Å². The second kappa shape index (κ2) is 3.77. The SMILES string of the molecule is Cc1ccc(CN2CC(O)=CC2=O)cc1. The van der Waals surface area contributed by atoms with Crippen LogP contribution in [-0.2, 0) is 11.3 Å². The van der Waals surface area contributed by atoms with Gasteiger partial charge in [-0.05, 0) is 12.5 Å². The molecule has 78 valence electrons. The lowest BCUT2D eigenvalue weighted by Crippen LogP contribution is -2.25. The molecule has 3 heteroatoms. The van der Waals surface area contributed by atoms with Crippen LogP contribution >= 0.6 is 0 Å². The number of rotatable bonds is 2. The molecule has 1 aromatic rings. The smallest absolute Gasteiger partial charge is 0.250 e. The van der Waals surface area contributed by atoms with Crippen molar-refractivity contribution in [2.45, 2.75) is 13.5 Å². The lowest BCUT2D eigenvalue weighted by molar-refractivity contribution is -0.125. The van der Waals surface area contributed by atoms with Crippen LogP contribution < -0.4 is 0 Å². The summed E-state index contributed by atoms with van der Waals surface area (Å²) < 4.78 is 0. The summed E-state index contributed by atoms with van der Waals surface area (Å²) in [7, 11) is 0. The third kappa shape index (κ3) is 2.18. The van der Waals surface area contributed by atoms with Crippen LogP contribution in [0.15, 0.2) is 36.1 Å². The van der Waals surface area contributed by atoms with Crippen LogP contribution in [0.3, 0.4) is 0 Å². The van der Waals surface area contributed by atoms with Crippen molar-refractivity contribution in [3.8, 4) is 0 Å². The normalized spacial score (nSPS) is 15.7. The number of carbonyl (C=O) groups is 1. The summed E-state index contributed by atoms with van der Waals surface area (Å²) >= 11 is 0. The van der Waals surface area contributed by atoms with Crippen LogP contribution in [0.5, 0.6) is 0 Å². The van der Waals surface area contributed by atoms with Crippen LogP contribution in [0.2, 0.25) is 0 Å². The number of aliphatic hydroxyl groups excluding tert-OH is 1. The fourth-order valence-electron chi connectivity index (χ4n) is 1.60. The number of hydrogen-bond donors (Lipinski definition) is 1. The lowest BCUT2D eigenvalue weighted by Gasteiger charge is -2.15. The summed E-state index contributed by atoms with van der Waals surface area (Å²) in [6.07, 6.45) is 1.27. The van der Waals surface area contributed by atoms with Crippen molar-refractivity contribution in [2.75, 3.05) is 6.54 Å². The molecule has 2 rings (SSSR count). The molecule has 0 spiro atoms. The molecule has 0 bridgehead atoms. The molecule has 0 saturated heterocycles. The Hall–Kier alpha value is -1.77. The minimum absolute atomic E-state index is 0.118. The van der Waals surface area contributed by atoms with Crippen LogP contribution in [-0.4, -0.2) is 22.5 Å². The van der Waals surface area contributed by atoms with Gasteiger partial charge < -0.3 is 10.0 Å². The first-order valence-corrected chi connectivity index (χ1v) is 4.89. The van der Waals surface area contributed by atoms with Gasteiger partial charge in [0.05, 0.1) is 6.54 Å². The first-order chi connectivity index (χ1) is 7.15. The summed E-state index contributed by atoms with van der Waals surface area (Å²) in [6, 6.07) is 8.03. The van der Waals surface area contributed by atoms with Gasteiger partial charge in [-0.3, -0.25) is 4.79 Å². The maximum atomic E-state index is 11.3. The largest absolute Gasteiger partial charge is 0.510 e. The van der Waals surface area contributed by atoms with Crippen LogP contribution in [0.25, 0.3) is 0 Å². The van der Waals surface area contributed by atoms with Crippen LogP contribution in [0.4, 0.5) is 0 Å². The molecule has 0 unspecified atom stereocenters. The Balaban J connectivity index is 2.04. The van der Waals surface area contributed by atoms with E-state index in [4.69, 9.17) is 0 Å². The van der Waals surface area contributed by atoms with Gasteiger partial charge in [0.2, 0.25) is 0 Å². The van der Waals surface area contributed by atoms with Crippen molar-refractivity contribution in [1.82, 2.24) is 4.90 Å². The molecule has 1 heterocycles. The minimum Gasteiger partial charge on any atom is -0.510 e. The van der Waals surface area contributed by atoms with E-state index in [0.29, 0.717) is 13.1 Å². The average Bonchev–Trinajstić information content (AvgIpc) is 2.49. The average molecular weight is 203 g/mol. The van der Waals surface area contributed by atoms with Crippen molar-refractivity contribution < 1.29 is 9.90 Å². The second-order valence-corrected chi connectivity index (χ2v) is 3.82. The third-order valence-electron chi connectivity index (χ3n) is 2.45. The molecule has 0 aromatic heterocycles. The Kier molecular flexibility index (Phi) is 2.46. The zero-order valence-corrected chi connectivity index (χ0v) is 8.60. The van der Waals surface area contributed by atoms with Gasteiger partial charge in [0.15, 0.2) is 0 Å². The van der Waals surface area contributed by atoms with Gasteiger partial charge in [-0.25, -0.2) is 0 Å². The van der Waals surface area contributed by atoms with Gasteiger partial charge in [-0.1, -0.05) is 29.8 Å². The number of amides is 1. The van der Waals surface area contributed by atoms with Crippen molar-refractivity contribution in [2.24, 2.45) is 0 Å². The van der Waals surface area contributed by atoms with Gasteiger partial charge in [0, 0.05) is 12.6 Å². The molecule has 0 atom stereocenters. The monoisotopic (exact) mass is 203 g/mol. The molecule has 1 N–H and O–H groups in total. The van der Waals surface area contributed by atoms with E-state index in [1.54, 1.807) is 4.90 Å². The zero-order valence-electron chi connectivity index (χ0n) is 8.60. The predicted molar refractivity (Wildman–Crippen MR) is 57.3 cm³/mol. The first kappa shape index (κ1) is 9.77. The highest BCUT2D eigenvalue weighted by Crippen LogP contribution is 2.13. The molecule has 0 fully saturated rings. The second-order valence-electron chi connectivity index (χ2n) is 3.82. The number of hydrogen-bond acceptors (Lipinski definition) is 2. The maximum absolute atomic E-state index is 11.3. The summed E-state index contributed by atoms with van der Waals surface area (Å²) in [5.41, 5.74) is 2.28. The molecular weight excluding hydrogens is 190 g/mol. The van der Waals surface area contributed by atoms with Gasteiger partial charge in [-0.2, -0.15) is 0 Å². The molecule has 0 radical (unpaired) electrons. The number of benzene rings is 1. The minimum atomic E-state index is -0.118. The Morgan fingerprint density at radius 1 is 1.33 bits per heavy atom. The van der Waals surface area contributed by atoms with E-state index in [9.17, 15) is 9.90 Å². The highest BCUT2D eigenvalue weighted by molar-refractivity contribution is 5.90. The van der Waals surface area contributed by atoms with Gasteiger partial charge in [0.25, 0.3) is 5.91 Å². The van der Waals surface area contributed by atoms with Crippen molar-refractivity contribution in [3.05, 3.63) is 47.2 Å². The quantitative estimate of drug-likeness (QED) is 0.795. The Labute approximate surface area is 88.6 Å². The summed E-state index contributed by atoms with van der Waals surface area (Å²) in [5.74, 6) is 0.0280. The van der Waals surface area contributed by atoms with E-state index in [1.165, 1.54) is 11.6 Å². The van der Waals surface area contributed by atoms with Gasteiger partial charge in [-0.15, -0.1) is 0 Å². The predicted octanol–water partition coefficient (Wildman–Crippen LogP) is 1.78. The van der Waals surface area contributed by atoms with E-state index in [0.717, 1.165) is 5.56 Å². The Morgan fingerprint density at radius 3 is 2.53 bits per heavy atom. The highest BCUT2D eigenvalue weighted by Gasteiger charge is 2.20. The molecule has 0 aliphatic carbocycles. The van der Waals surface area contributed by atoms with E-state index in [1.807, 2.05) is 31.2 Å². The Bertz CT molecular complexity index is 406. The fourth-order valence-corrected chi connectivity index (χ4v) is 1.60. The molecule has 1 aliphatic heterocycles. The van der Waals surface area contributed by atoms with E-state index >= 15 is 0 Å². The summed E-state index contributed by atoms with van der Waals surface area (Å²) in [5, 5.41) is 9.19. The summed E-state index contributed by atoms with van der Waals surface area (Å²) in [6.45, 7) is 2.91. The fraction of sp³-hybridized carbons (Fsp3) is 0.250. The third-order valence-corrected chi connectivity index (χ3v) is 2.45. The van der Waals surface area contributed by atoms with Crippen molar-refractivity contribution in [1.29, 1.82) is 0 Å². The standard InChI is InChI=1S/C12H13NO2/c1-9-2-4-10(5-3-9)7-13-8-11(14)6-12(13)15/h2-6,14H,7-8H2,1H3. The number of nitrogens with zero attached hydrogens (tertiary/aromatic N) is 1. The van der Waals surface area contributed by atoms with E-state index in [2.05, 4.69) is 0 Å². The van der Waals surface area contributed by atoms with Gasteiger partial charge >= 0.3 is 0 Å². The van der Waals surface area contributed by atoms with E-state index in [-0.39, 0.29) is 11.7 Å². The van der Waals surface area contributed by atoms with Crippen LogP contribution in [0, 0.1) is 6.92 Å². The zero-order chi connectivity index (χ0) is 10.8. The first-order valence-electron chi connectivity index (χ1n) is 4.89. The molecular formula is C12H13NO2. The maximum Gasteiger partial charge on any atom is 0.250 e. The highest BCUT2D eigenvalue weighted by atomic mass is 16.3. The molecule has 1 aliphatic rings. The van der Waals surface area contributed by atoms with Crippen LogP contribution in [0.1, 0.15) is 11.1 Å². The topological polar surface area (TPSA) is 40.5 Å². The molecule has 3 nitrogen and oxygen atoms in total. The van der Waals surface area contributed by atoms with Gasteiger partial charge in [0.1, 0.15) is 5.76 Å². The molecule has 15 heavy (non-hydrogen) atoms. The number of carbonyl (C=O) groups excluding carboxylic acids is 1. The van der Waals surface area contributed by atoms with Crippen molar-refractivity contribution >= 4 is 5.91 Å². The number of aryl methyl sites for hydroxylation is 1. The molecule has 1 amide bonds. The molecule has 1 aromatic carbocycles. The molecule has 0 saturated carbocycles. The lowest BCUT2D eigenvalue weighted by atomic mass is 10.1. The Morgan fingerprint density at radius 2 is 2.00 bits per heavy atom. The van der Waals surface area contributed by atoms with E-state index < -0.39 is 0 Å².